The van der Waals surface area contributed by atoms with E-state index in [4.69, 9.17) is 4.42 Å². The first-order valence-corrected chi connectivity index (χ1v) is 7.24. The van der Waals surface area contributed by atoms with Crippen molar-refractivity contribution in [2.75, 3.05) is 10.6 Å². The summed E-state index contributed by atoms with van der Waals surface area (Å²) >= 11 is 0. The maximum atomic E-state index is 11.8. The van der Waals surface area contributed by atoms with E-state index < -0.39 is 10.0 Å². The number of nitrogens with zero attached hydrogens (tertiary/aromatic N) is 2. The zero-order chi connectivity index (χ0) is 13.2. The molecule has 2 aromatic rings. The summed E-state index contributed by atoms with van der Waals surface area (Å²) in [5.41, 5.74) is 1.60. The van der Waals surface area contributed by atoms with Crippen LogP contribution in [0.3, 0.4) is 0 Å². The third-order valence-corrected chi connectivity index (χ3v) is 3.59. The summed E-state index contributed by atoms with van der Waals surface area (Å²) in [6.45, 7) is 2.00. The van der Waals surface area contributed by atoms with Crippen LogP contribution < -0.4 is 4.31 Å². The zero-order valence-electron chi connectivity index (χ0n) is 10.2. The molecule has 0 amide bonds. The van der Waals surface area contributed by atoms with Gasteiger partial charge >= 0.3 is 0 Å². The Kier molecular flexibility index (Phi) is 3.38. The topological polar surface area (TPSA) is 63.4 Å². The average Bonchev–Trinajstić information content (AvgIpc) is 2.77. The lowest BCUT2D eigenvalue weighted by molar-refractivity contribution is 0.495. The summed E-state index contributed by atoms with van der Waals surface area (Å²) < 4.78 is 30.0. The highest BCUT2D eigenvalue weighted by molar-refractivity contribution is 7.92. The molecule has 0 bridgehead atoms. The smallest absolute Gasteiger partial charge is 0.232 e. The fourth-order valence-electron chi connectivity index (χ4n) is 1.64. The van der Waals surface area contributed by atoms with Gasteiger partial charge in [0.25, 0.3) is 0 Å². The van der Waals surface area contributed by atoms with Gasteiger partial charge in [-0.05, 0) is 24.6 Å². The highest BCUT2D eigenvalue weighted by Crippen LogP contribution is 2.21. The summed E-state index contributed by atoms with van der Waals surface area (Å²) in [6, 6.07) is 7.29. The Bertz CT molecular complexity index is 621. The number of rotatable bonds is 4. The number of aromatic nitrogens is 1. The van der Waals surface area contributed by atoms with E-state index in [1.54, 1.807) is 6.07 Å². The van der Waals surface area contributed by atoms with Crippen molar-refractivity contribution in [3.8, 4) is 0 Å². The van der Waals surface area contributed by atoms with Gasteiger partial charge in [-0.15, -0.1) is 0 Å². The van der Waals surface area contributed by atoms with E-state index in [0.717, 1.165) is 11.8 Å². The van der Waals surface area contributed by atoms with E-state index in [1.807, 2.05) is 25.1 Å². The molecule has 96 valence electrons. The number of aryl methyl sites for hydroxylation is 1. The Morgan fingerprint density at radius 1 is 1.39 bits per heavy atom. The molecule has 0 aliphatic rings. The van der Waals surface area contributed by atoms with E-state index in [1.165, 1.54) is 16.8 Å². The third-order valence-electron chi connectivity index (χ3n) is 2.45. The largest absolute Gasteiger partial charge is 0.447 e. The van der Waals surface area contributed by atoms with Gasteiger partial charge in [-0.3, -0.25) is 4.31 Å². The van der Waals surface area contributed by atoms with Crippen LogP contribution in [0.15, 0.2) is 41.1 Å². The molecule has 0 radical (unpaired) electrons. The van der Waals surface area contributed by atoms with Gasteiger partial charge in [-0.1, -0.05) is 12.1 Å². The Labute approximate surface area is 106 Å². The van der Waals surface area contributed by atoms with Crippen molar-refractivity contribution in [1.29, 1.82) is 0 Å². The van der Waals surface area contributed by atoms with Crippen molar-refractivity contribution in [2.24, 2.45) is 0 Å². The summed E-state index contributed by atoms with van der Waals surface area (Å²) in [4.78, 5) is 3.94. The molecule has 0 N–H and O–H groups in total. The molecular weight excluding hydrogens is 252 g/mol. The van der Waals surface area contributed by atoms with Gasteiger partial charge < -0.3 is 4.42 Å². The first-order chi connectivity index (χ1) is 8.47. The molecule has 1 aromatic carbocycles. The molecule has 5 nitrogen and oxygen atoms in total. The molecule has 0 unspecified atom stereocenters. The monoisotopic (exact) mass is 266 g/mol. The van der Waals surface area contributed by atoms with Crippen molar-refractivity contribution >= 4 is 15.7 Å². The molecule has 0 spiro atoms. The fraction of sp³-hybridized carbons (Fsp3) is 0.250. The van der Waals surface area contributed by atoms with E-state index >= 15 is 0 Å². The first-order valence-electron chi connectivity index (χ1n) is 5.39. The number of oxazole rings is 1. The van der Waals surface area contributed by atoms with Gasteiger partial charge in [0.15, 0.2) is 0 Å². The molecule has 0 fully saturated rings. The number of hydrogen-bond donors (Lipinski definition) is 0. The minimum Gasteiger partial charge on any atom is -0.447 e. The number of benzene rings is 1. The lowest BCUT2D eigenvalue weighted by Crippen LogP contribution is -2.29. The van der Waals surface area contributed by atoms with Gasteiger partial charge in [-0.2, -0.15) is 0 Å². The minimum absolute atomic E-state index is 0.0925. The molecular formula is C12H14N2O3S. The second-order valence-electron chi connectivity index (χ2n) is 4.03. The summed E-state index contributed by atoms with van der Waals surface area (Å²) in [5, 5.41) is 0. The van der Waals surface area contributed by atoms with Crippen LogP contribution in [0.2, 0.25) is 0 Å². The van der Waals surface area contributed by atoms with Crippen LogP contribution in [-0.4, -0.2) is 19.7 Å². The van der Waals surface area contributed by atoms with Crippen LogP contribution in [0.4, 0.5) is 5.69 Å². The molecule has 0 aliphatic carbocycles. The van der Waals surface area contributed by atoms with Crippen LogP contribution in [0.25, 0.3) is 0 Å². The standard InChI is InChI=1S/C12H14N2O3S/c1-10-4-3-5-11(8-10)14(18(2,15)16)9-12-13-6-7-17-12/h3-8H,9H2,1-2H3. The van der Waals surface area contributed by atoms with Gasteiger partial charge in [-0.25, -0.2) is 13.4 Å². The van der Waals surface area contributed by atoms with Gasteiger partial charge in [0.1, 0.15) is 12.8 Å². The predicted octanol–water partition coefficient (Wildman–Crippen LogP) is 1.95. The summed E-state index contributed by atoms with van der Waals surface area (Å²) in [7, 11) is -3.38. The lowest BCUT2D eigenvalue weighted by atomic mass is 10.2. The maximum absolute atomic E-state index is 11.8. The van der Waals surface area contributed by atoms with Crippen molar-refractivity contribution in [2.45, 2.75) is 13.5 Å². The first kappa shape index (κ1) is 12.6. The highest BCUT2D eigenvalue weighted by atomic mass is 32.2. The van der Waals surface area contributed by atoms with Crippen molar-refractivity contribution in [1.82, 2.24) is 4.98 Å². The molecule has 6 heteroatoms. The van der Waals surface area contributed by atoms with Crippen molar-refractivity contribution in [3.63, 3.8) is 0 Å². The molecule has 2 rings (SSSR count). The molecule has 0 atom stereocenters. The van der Waals surface area contributed by atoms with Crippen LogP contribution >= 0.6 is 0 Å². The summed E-state index contributed by atoms with van der Waals surface area (Å²) in [6.07, 6.45) is 4.08. The minimum atomic E-state index is -3.38. The van der Waals surface area contributed by atoms with E-state index in [-0.39, 0.29) is 6.54 Å². The zero-order valence-corrected chi connectivity index (χ0v) is 11.0. The normalized spacial score (nSPS) is 11.4. The van der Waals surface area contributed by atoms with Crippen LogP contribution in [0, 0.1) is 6.92 Å². The third kappa shape index (κ3) is 2.89. The Morgan fingerprint density at radius 2 is 2.17 bits per heavy atom. The van der Waals surface area contributed by atoms with E-state index in [9.17, 15) is 8.42 Å². The number of sulfonamides is 1. The second kappa shape index (κ2) is 4.81. The molecule has 18 heavy (non-hydrogen) atoms. The summed E-state index contributed by atoms with van der Waals surface area (Å²) in [5.74, 6) is 0.363. The Balaban J connectivity index is 2.38. The lowest BCUT2D eigenvalue weighted by Gasteiger charge is -2.21. The molecule has 0 saturated carbocycles. The average molecular weight is 266 g/mol. The van der Waals surface area contributed by atoms with E-state index in [0.29, 0.717) is 11.6 Å². The van der Waals surface area contributed by atoms with Crippen LogP contribution in [0.5, 0.6) is 0 Å². The SMILES string of the molecule is Cc1cccc(N(Cc2ncco2)S(C)(=O)=O)c1. The molecule has 1 heterocycles. The van der Waals surface area contributed by atoms with Crippen molar-refractivity contribution < 1.29 is 12.8 Å². The maximum Gasteiger partial charge on any atom is 0.232 e. The fourth-order valence-corrected chi connectivity index (χ4v) is 2.48. The molecule has 0 saturated heterocycles. The number of anilines is 1. The Hall–Kier alpha value is -1.82. The second-order valence-corrected chi connectivity index (χ2v) is 5.94. The van der Waals surface area contributed by atoms with Crippen molar-refractivity contribution in [3.05, 3.63) is 48.2 Å². The molecule has 1 aromatic heterocycles. The molecule has 0 aliphatic heterocycles. The van der Waals surface area contributed by atoms with Gasteiger partial charge in [0.05, 0.1) is 18.1 Å². The highest BCUT2D eigenvalue weighted by Gasteiger charge is 2.19. The predicted molar refractivity (Wildman–Crippen MR) is 68.7 cm³/mol. The van der Waals surface area contributed by atoms with Crippen LogP contribution in [-0.2, 0) is 16.6 Å². The quantitative estimate of drug-likeness (QED) is 0.848. The van der Waals surface area contributed by atoms with Gasteiger partial charge in [0.2, 0.25) is 15.9 Å². The Morgan fingerprint density at radius 3 is 2.72 bits per heavy atom. The van der Waals surface area contributed by atoms with E-state index in [2.05, 4.69) is 4.98 Å². The van der Waals surface area contributed by atoms with Crippen LogP contribution in [0.1, 0.15) is 11.5 Å². The van der Waals surface area contributed by atoms with Gasteiger partial charge in [0, 0.05) is 0 Å². The number of hydrogen-bond acceptors (Lipinski definition) is 4.